The van der Waals surface area contributed by atoms with Crippen molar-refractivity contribution in [3.63, 3.8) is 0 Å². The van der Waals surface area contributed by atoms with E-state index in [1.165, 1.54) is 4.31 Å². The van der Waals surface area contributed by atoms with Gasteiger partial charge < -0.3 is 10.1 Å². The van der Waals surface area contributed by atoms with E-state index in [0.717, 1.165) is 23.2 Å². The minimum atomic E-state index is -3.51. The smallest absolute Gasteiger partial charge is 0.243 e. The number of rotatable bonds is 3. The van der Waals surface area contributed by atoms with Crippen LogP contribution < -0.4 is 5.32 Å². The average Bonchev–Trinajstić information content (AvgIpc) is 3.26. The first-order chi connectivity index (χ1) is 14.5. The van der Waals surface area contributed by atoms with Gasteiger partial charge in [-0.05, 0) is 42.2 Å². The van der Waals surface area contributed by atoms with Crippen LogP contribution in [0.1, 0.15) is 29.5 Å². The molecule has 158 valence electrons. The first-order valence-electron chi connectivity index (χ1n) is 10.1. The molecule has 8 heteroatoms. The SMILES string of the molecule is O=S(=O)(c1ccc([C@@H]2Nc3c(Cl)ccc(Cl)c3[C@@H]3C=CC[C@@H]32)cc1)N1CCOCC1. The summed E-state index contributed by atoms with van der Waals surface area (Å²) >= 11 is 13.0. The van der Waals surface area contributed by atoms with Gasteiger partial charge >= 0.3 is 0 Å². The second kappa shape index (κ2) is 7.84. The molecular formula is C22H22Cl2N2O3S. The van der Waals surface area contributed by atoms with E-state index in [1.807, 2.05) is 24.3 Å². The molecule has 5 nitrogen and oxygen atoms in total. The molecule has 0 aromatic heterocycles. The standard InChI is InChI=1S/C22H22Cl2N2O3S/c23-18-8-9-19(24)22-20(18)16-2-1-3-17(16)21(25-22)14-4-6-15(7-5-14)30(27,28)26-10-12-29-13-11-26/h1-2,4-9,16-17,21,25H,3,10-13H2/t16-,17+,21+/m1/s1. The zero-order valence-electron chi connectivity index (χ0n) is 16.2. The highest BCUT2D eigenvalue weighted by molar-refractivity contribution is 7.89. The van der Waals surface area contributed by atoms with Crippen molar-refractivity contribution in [3.8, 4) is 0 Å². The topological polar surface area (TPSA) is 58.6 Å². The van der Waals surface area contributed by atoms with E-state index >= 15 is 0 Å². The fourth-order valence-corrected chi connectivity index (χ4v) is 6.65. The van der Waals surface area contributed by atoms with E-state index in [-0.39, 0.29) is 12.0 Å². The van der Waals surface area contributed by atoms with Gasteiger partial charge in [0.25, 0.3) is 0 Å². The van der Waals surface area contributed by atoms with Crippen LogP contribution in [0.4, 0.5) is 5.69 Å². The lowest BCUT2D eigenvalue weighted by Crippen LogP contribution is -2.40. The molecule has 5 rings (SSSR count). The van der Waals surface area contributed by atoms with Crippen molar-refractivity contribution >= 4 is 38.9 Å². The van der Waals surface area contributed by atoms with Gasteiger partial charge in [-0.25, -0.2) is 8.42 Å². The monoisotopic (exact) mass is 464 g/mol. The minimum Gasteiger partial charge on any atom is -0.379 e. The molecule has 3 aliphatic rings. The number of ether oxygens (including phenoxy) is 1. The summed E-state index contributed by atoms with van der Waals surface area (Å²) in [5.41, 5.74) is 2.95. The van der Waals surface area contributed by atoms with E-state index in [0.29, 0.717) is 47.2 Å². The van der Waals surface area contributed by atoms with Crippen LogP contribution in [0, 0.1) is 5.92 Å². The molecule has 0 saturated carbocycles. The first kappa shape index (κ1) is 20.3. The second-order valence-electron chi connectivity index (χ2n) is 7.88. The summed E-state index contributed by atoms with van der Waals surface area (Å²) in [6.45, 7) is 1.64. The number of allylic oxidation sites excluding steroid dienone is 2. The Balaban J connectivity index is 1.47. The first-order valence-corrected chi connectivity index (χ1v) is 12.3. The molecule has 2 aromatic rings. The molecule has 1 aliphatic carbocycles. The Labute approximate surface area is 186 Å². The molecule has 0 unspecified atom stereocenters. The largest absolute Gasteiger partial charge is 0.379 e. The number of morpholine rings is 1. The summed E-state index contributed by atoms with van der Waals surface area (Å²) in [5.74, 6) is 0.490. The van der Waals surface area contributed by atoms with Crippen molar-refractivity contribution < 1.29 is 13.2 Å². The predicted molar refractivity (Wildman–Crippen MR) is 119 cm³/mol. The molecule has 0 amide bonds. The predicted octanol–water partition coefficient (Wildman–Crippen LogP) is 4.84. The Kier molecular flexibility index (Phi) is 5.32. The molecule has 2 aromatic carbocycles. The lowest BCUT2D eigenvalue weighted by atomic mass is 9.77. The fourth-order valence-electron chi connectivity index (χ4n) is 4.74. The number of sulfonamides is 1. The Morgan fingerprint density at radius 3 is 2.43 bits per heavy atom. The van der Waals surface area contributed by atoms with Crippen LogP contribution in [0.2, 0.25) is 10.0 Å². The third-order valence-corrected chi connectivity index (χ3v) is 8.82. The van der Waals surface area contributed by atoms with Crippen molar-refractivity contribution in [2.75, 3.05) is 31.6 Å². The van der Waals surface area contributed by atoms with Crippen molar-refractivity contribution in [2.24, 2.45) is 5.92 Å². The average molecular weight is 465 g/mol. The molecule has 2 aliphatic heterocycles. The summed E-state index contributed by atoms with van der Waals surface area (Å²) < 4.78 is 32.6. The highest BCUT2D eigenvalue weighted by Crippen LogP contribution is 2.53. The van der Waals surface area contributed by atoms with Gasteiger partial charge in [-0.1, -0.05) is 47.5 Å². The van der Waals surface area contributed by atoms with Gasteiger partial charge in [-0.15, -0.1) is 0 Å². The van der Waals surface area contributed by atoms with Crippen molar-refractivity contribution in [2.45, 2.75) is 23.3 Å². The lowest BCUT2D eigenvalue weighted by Gasteiger charge is -2.38. The zero-order valence-corrected chi connectivity index (χ0v) is 18.6. The molecular weight excluding hydrogens is 443 g/mol. The van der Waals surface area contributed by atoms with Gasteiger partial charge in [0.15, 0.2) is 0 Å². The summed E-state index contributed by atoms with van der Waals surface area (Å²) in [7, 11) is -3.51. The molecule has 0 radical (unpaired) electrons. The van der Waals surface area contributed by atoms with Crippen LogP contribution in [0.15, 0.2) is 53.4 Å². The highest BCUT2D eigenvalue weighted by Gasteiger charge is 2.40. The zero-order chi connectivity index (χ0) is 20.9. The number of anilines is 1. The number of hydrogen-bond acceptors (Lipinski definition) is 4. The minimum absolute atomic E-state index is 0.0219. The summed E-state index contributed by atoms with van der Waals surface area (Å²) in [4.78, 5) is 0.312. The van der Waals surface area contributed by atoms with E-state index in [2.05, 4.69) is 17.5 Å². The number of benzene rings is 2. The Morgan fingerprint density at radius 1 is 1.00 bits per heavy atom. The van der Waals surface area contributed by atoms with Crippen molar-refractivity contribution in [3.05, 3.63) is 69.7 Å². The third-order valence-electron chi connectivity index (χ3n) is 6.26. The van der Waals surface area contributed by atoms with Crippen LogP contribution in [0.3, 0.4) is 0 Å². The van der Waals surface area contributed by atoms with Crippen molar-refractivity contribution in [1.82, 2.24) is 4.31 Å². The number of fused-ring (bicyclic) bond motifs is 3. The van der Waals surface area contributed by atoms with Crippen LogP contribution >= 0.6 is 23.2 Å². The number of nitrogens with zero attached hydrogens (tertiary/aromatic N) is 1. The second-order valence-corrected chi connectivity index (χ2v) is 10.6. The van der Waals surface area contributed by atoms with Gasteiger partial charge in [0.05, 0.1) is 34.9 Å². The van der Waals surface area contributed by atoms with Crippen LogP contribution in [0.25, 0.3) is 0 Å². The summed E-state index contributed by atoms with van der Waals surface area (Å²) in [6, 6.07) is 10.9. The van der Waals surface area contributed by atoms with Gasteiger partial charge in [0, 0.05) is 29.6 Å². The quantitative estimate of drug-likeness (QED) is 0.660. The Hall–Kier alpha value is -1.57. The normalized spacial score (nSPS) is 26.1. The molecule has 0 bridgehead atoms. The molecule has 3 atom stereocenters. The van der Waals surface area contributed by atoms with Gasteiger partial charge in [-0.2, -0.15) is 4.31 Å². The van der Waals surface area contributed by atoms with Crippen molar-refractivity contribution in [1.29, 1.82) is 0 Å². The maximum Gasteiger partial charge on any atom is 0.243 e. The van der Waals surface area contributed by atoms with E-state index in [9.17, 15) is 8.42 Å². The summed E-state index contributed by atoms with van der Waals surface area (Å²) in [5, 5.41) is 4.94. The molecule has 1 saturated heterocycles. The summed E-state index contributed by atoms with van der Waals surface area (Å²) in [6.07, 6.45) is 5.32. The van der Waals surface area contributed by atoms with Gasteiger partial charge in [-0.3, -0.25) is 0 Å². The Bertz CT molecular complexity index is 1100. The van der Waals surface area contributed by atoms with Crippen LogP contribution in [-0.4, -0.2) is 39.0 Å². The van der Waals surface area contributed by atoms with E-state index in [1.54, 1.807) is 12.1 Å². The van der Waals surface area contributed by atoms with Gasteiger partial charge in [0.1, 0.15) is 0 Å². The molecule has 30 heavy (non-hydrogen) atoms. The molecule has 1 fully saturated rings. The van der Waals surface area contributed by atoms with E-state index < -0.39 is 10.0 Å². The van der Waals surface area contributed by atoms with Gasteiger partial charge in [0.2, 0.25) is 10.0 Å². The maximum absolute atomic E-state index is 12.9. The molecule has 2 heterocycles. The molecule has 0 spiro atoms. The number of nitrogens with one attached hydrogen (secondary N) is 1. The third kappa shape index (κ3) is 3.35. The fraction of sp³-hybridized carbons (Fsp3) is 0.364. The lowest BCUT2D eigenvalue weighted by molar-refractivity contribution is 0.0730. The van der Waals surface area contributed by atoms with Crippen LogP contribution in [-0.2, 0) is 14.8 Å². The molecule has 1 N–H and O–H groups in total. The highest BCUT2D eigenvalue weighted by atomic mass is 35.5. The Morgan fingerprint density at radius 2 is 1.70 bits per heavy atom. The maximum atomic E-state index is 12.9. The van der Waals surface area contributed by atoms with Crippen LogP contribution in [0.5, 0.6) is 0 Å². The van der Waals surface area contributed by atoms with E-state index in [4.69, 9.17) is 27.9 Å². The number of hydrogen-bond donors (Lipinski definition) is 1. The number of halogens is 2.